The Morgan fingerprint density at radius 2 is 1.07 bits per heavy atom. The minimum atomic E-state index is -4.40. The summed E-state index contributed by atoms with van der Waals surface area (Å²) in [7, 11) is 1.40. The number of rotatable bonds is 42. The lowest BCUT2D eigenvalue weighted by Gasteiger charge is -2.24. The molecule has 0 aromatic heterocycles. The van der Waals surface area contributed by atoms with E-state index in [0.717, 1.165) is 51.4 Å². The van der Waals surface area contributed by atoms with Crippen LogP contribution in [0.2, 0.25) is 0 Å². The number of hydrogen-bond acceptors (Lipinski definition) is 8. The van der Waals surface area contributed by atoms with E-state index >= 15 is 0 Å². The van der Waals surface area contributed by atoms with Gasteiger partial charge in [-0.15, -0.1) is 0 Å². The zero-order valence-corrected chi connectivity index (χ0v) is 39.1. The van der Waals surface area contributed by atoms with E-state index in [4.69, 9.17) is 18.5 Å². The highest BCUT2D eigenvalue weighted by Crippen LogP contribution is 2.43. The van der Waals surface area contributed by atoms with Crippen molar-refractivity contribution < 1.29 is 46.8 Å². The van der Waals surface area contributed by atoms with Crippen molar-refractivity contribution in [2.75, 3.05) is 47.5 Å². The molecule has 0 saturated heterocycles. The quantitative estimate of drug-likeness (QED) is 0.0121. The second-order valence-electron chi connectivity index (χ2n) is 16.8. The molecule has 0 rings (SSSR count). The van der Waals surface area contributed by atoms with Crippen LogP contribution in [0.4, 0.5) is 0 Å². The van der Waals surface area contributed by atoms with Gasteiger partial charge in [-0.05, 0) is 44.6 Å². The summed E-state index contributed by atoms with van der Waals surface area (Å²) in [5, 5.41) is 0. The van der Waals surface area contributed by atoms with Crippen LogP contribution < -0.4 is 0 Å². The summed E-state index contributed by atoms with van der Waals surface area (Å²) >= 11 is 0. The van der Waals surface area contributed by atoms with Gasteiger partial charge in [-0.25, -0.2) is 4.57 Å². The SMILES string of the molecule is CCCCCCCCCCCCCCCCCCCC(=O)OC[C@H](COP(=O)(O)OCC[N+](C)(C)C)OC(=O)CCC/C=C\C/C=C\C/C=C\C=C\C(=O)CCCCC. The molecule has 11 heteroatoms. The monoisotopic (exact) mass is 853 g/mol. The number of esters is 2. The molecule has 0 aliphatic carbocycles. The van der Waals surface area contributed by atoms with Crippen LogP contribution in [0.1, 0.15) is 187 Å². The number of ketones is 1. The Kier molecular flexibility index (Phi) is 38.2. The molecule has 0 aliphatic rings. The first-order valence-corrected chi connectivity index (χ1v) is 24.8. The average molecular weight is 853 g/mol. The van der Waals surface area contributed by atoms with Crippen molar-refractivity contribution in [1.82, 2.24) is 0 Å². The molecule has 0 radical (unpaired) electrons. The molecule has 0 aliphatic heterocycles. The van der Waals surface area contributed by atoms with Crippen molar-refractivity contribution in [1.29, 1.82) is 0 Å². The van der Waals surface area contributed by atoms with E-state index < -0.39 is 32.5 Å². The predicted molar refractivity (Wildman–Crippen MR) is 243 cm³/mol. The lowest BCUT2D eigenvalue weighted by atomic mass is 10.0. The van der Waals surface area contributed by atoms with Crippen LogP contribution in [0.5, 0.6) is 0 Å². The van der Waals surface area contributed by atoms with Crippen LogP contribution >= 0.6 is 7.82 Å². The van der Waals surface area contributed by atoms with Crippen molar-refractivity contribution in [3.05, 3.63) is 48.6 Å². The molecule has 0 aromatic rings. The molecule has 2 atom stereocenters. The third kappa shape index (κ3) is 43.5. The smallest absolute Gasteiger partial charge is 0.462 e. The second-order valence-corrected chi connectivity index (χ2v) is 18.3. The number of phosphoric acid groups is 1. The lowest BCUT2D eigenvalue weighted by Crippen LogP contribution is -2.37. The zero-order valence-electron chi connectivity index (χ0n) is 38.2. The summed E-state index contributed by atoms with van der Waals surface area (Å²) in [6, 6.07) is 0. The van der Waals surface area contributed by atoms with Crippen molar-refractivity contribution in [3.63, 3.8) is 0 Å². The van der Waals surface area contributed by atoms with Gasteiger partial charge in [0.15, 0.2) is 11.9 Å². The number of unbranched alkanes of at least 4 members (excludes halogenated alkanes) is 19. The molecule has 0 aromatic carbocycles. The first-order chi connectivity index (χ1) is 28.4. The standard InChI is InChI=1S/C48H86NO9P/c1-6-8-10-11-12-13-14-15-16-17-18-19-22-25-28-31-35-39-47(51)55-43-46(44-57-59(53,54)56-42-41-49(3,4)5)58-48(52)40-36-32-29-26-23-20-21-24-27-30-34-38-45(50)37-33-9-7-2/h20-21,26-27,29-30,34,38,46H,6-19,22-25,28,31-33,35-37,39-44H2,1-5H3/p+1/b21-20-,29-26-,30-27-,38-34+/t46-/m1/s1. The molecule has 59 heavy (non-hydrogen) atoms. The summed E-state index contributed by atoms with van der Waals surface area (Å²) in [6.07, 6.45) is 42.9. The number of quaternary nitrogens is 1. The summed E-state index contributed by atoms with van der Waals surface area (Å²) < 4.78 is 34.2. The van der Waals surface area contributed by atoms with Gasteiger partial charge >= 0.3 is 19.8 Å². The Labute approximate surface area is 360 Å². The van der Waals surface area contributed by atoms with Crippen molar-refractivity contribution in [2.45, 2.75) is 193 Å². The van der Waals surface area contributed by atoms with E-state index in [2.05, 4.69) is 26.0 Å². The molecule has 0 fully saturated rings. The number of hydrogen-bond donors (Lipinski definition) is 1. The summed E-state index contributed by atoms with van der Waals surface area (Å²) in [5.74, 6) is -0.726. The van der Waals surface area contributed by atoms with Gasteiger partial charge in [0.2, 0.25) is 0 Å². The first kappa shape index (κ1) is 56.6. The molecular weight excluding hydrogens is 765 g/mol. The minimum absolute atomic E-state index is 0.0104. The number of allylic oxidation sites excluding steroid dienone is 8. The summed E-state index contributed by atoms with van der Waals surface area (Å²) in [5.41, 5.74) is 0. The van der Waals surface area contributed by atoms with Gasteiger partial charge in [0.1, 0.15) is 19.8 Å². The van der Waals surface area contributed by atoms with Crippen molar-refractivity contribution in [2.24, 2.45) is 0 Å². The highest BCUT2D eigenvalue weighted by atomic mass is 31.2. The maximum atomic E-state index is 12.7. The third-order valence-electron chi connectivity index (χ3n) is 9.84. The average Bonchev–Trinajstić information content (AvgIpc) is 3.18. The molecular formula is C48H87NO9P+. The van der Waals surface area contributed by atoms with Gasteiger partial charge in [-0.2, -0.15) is 0 Å². The summed E-state index contributed by atoms with van der Waals surface area (Å²) in [6.45, 7) is 4.19. The fraction of sp³-hybridized carbons (Fsp3) is 0.771. The van der Waals surface area contributed by atoms with E-state index in [1.165, 1.54) is 89.9 Å². The van der Waals surface area contributed by atoms with E-state index in [0.29, 0.717) is 30.3 Å². The Morgan fingerprint density at radius 3 is 1.64 bits per heavy atom. The van der Waals surface area contributed by atoms with E-state index in [9.17, 15) is 23.8 Å². The number of likely N-dealkylation sites (N-methyl/N-ethyl adjacent to an activating group) is 1. The van der Waals surface area contributed by atoms with Crippen molar-refractivity contribution in [3.8, 4) is 0 Å². The zero-order chi connectivity index (χ0) is 43.7. The Balaban J connectivity index is 4.44. The number of ether oxygens (including phenoxy) is 2. The van der Waals surface area contributed by atoms with Crippen LogP contribution in [0.25, 0.3) is 0 Å². The Bertz CT molecular complexity index is 1210. The number of phosphoric ester groups is 1. The Hall–Kier alpha value is -2.36. The second kappa shape index (κ2) is 39.8. The lowest BCUT2D eigenvalue weighted by molar-refractivity contribution is -0.870. The van der Waals surface area contributed by atoms with E-state index in [-0.39, 0.29) is 31.8 Å². The molecule has 1 unspecified atom stereocenters. The number of nitrogens with zero attached hydrogens (tertiary/aromatic N) is 1. The highest BCUT2D eigenvalue weighted by Gasteiger charge is 2.27. The molecule has 1 N–H and O–H groups in total. The topological polar surface area (TPSA) is 125 Å². The van der Waals surface area contributed by atoms with Crippen LogP contribution in [0, 0.1) is 0 Å². The highest BCUT2D eigenvalue weighted by molar-refractivity contribution is 7.47. The van der Waals surface area contributed by atoms with Crippen molar-refractivity contribution >= 4 is 25.5 Å². The fourth-order valence-corrected chi connectivity index (χ4v) is 6.88. The molecule has 0 spiro atoms. The van der Waals surface area contributed by atoms with Gasteiger partial charge < -0.3 is 18.9 Å². The molecule has 0 amide bonds. The maximum Gasteiger partial charge on any atom is 0.472 e. The fourth-order valence-electron chi connectivity index (χ4n) is 6.14. The van der Waals surface area contributed by atoms with Gasteiger partial charge in [0.05, 0.1) is 27.7 Å². The number of carbonyl (C=O) groups is 3. The predicted octanol–water partition coefficient (Wildman–Crippen LogP) is 12.6. The van der Waals surface area contributed by atoms with Crippen LogP contribution in [0.15, 0.2) is 48.6 Å². The van der Waals surface area contributed by atoms with Gasteiger partial charge in [0, 0.05) is 19.3 Å². The van der Waals surface area contributed by atoms with E-state index in [1.807, 2.05) is 45.4 Å². The maximum absolute atomic E-state index is 12.7. The molecule has 342 valence electrons. The largest absolute Gasteiger partial charge is 0.472 e. The Morgan fingerprint density at radius 1 is 0.576 bits per heavy atom. The molecule has 10 nitrogen and oxygen atoms in total. The number of carbonyl (C=O) groups excluding carboxylic acids is 3. The molecule has 0 heterocycles. The minimum Gasteiger partial charge on any atom is -0.462 e. The van der Waals surface area contributed by atoms with Crippen LogP contribution in [-0.2, 0) is 37.5 Å². The van der Waals surface area contributed by atoms with Crippen LogP contribution in [-0.4, -0.2) is 80.7 Å². The normalized spacial score (nSPS) is 13.9. The van der Waals surface area contributed by atoms with Gasteiger partial charge in [0.25, 0.3) is 0 Å². The summed E-state index contributed by atoms with van der Waals surface area (Å²) in [4.78, 5) is 47.1. The third-order valence-corrected chi connectivity index (χ3v) is 10.8. The van der Waals surface area contributed by atoms with Gasteiger partial charge in [-0.3, -0.25) is 23.4 Å². The molecule has 0 saturated carbocycles. The van der Waals surface area contributed by atoms with Crippen LogP contribution in [0.3, 0.4) is 0 Å². The first-order valence-electron chi connectivity index (χ1n) is 23.3. The molecule has 0 bridgehead atoms. The van der Waals surface area contributed by atoms with Gasteiger partial charge in [-0.1, -0.05) is 172 Å². The van der Waals surface area contributed by atoms with E-state index in [1.54, 1.807) is 12.2 Å².